The van der Waals surface area contributed by atoms with E-state index >= 15 is 0 Å². The first kappa shape index (κ1) is 17.1. The monoisotopic (exact) mass is 347 g/mol. The molecule has 0 aliphatic heterocycles. The molecule has 20 heavy (non-hydrogen) atoms. The van der Waals surface area contributed by atoms with Crippen LogP contribution in [-0.2, 0) is 16.5 Å². The minimum atomic E-state index is -0.402. The molecule has 1 aromatic heterocycles. The Hall–Kier alpha value is -0.920. The molecule has 0 bridgehead atoms. The van der Waals surface area contributed by atoms with Crippen LogP contribution in [-0.4, -0.2) is 53.2 Å². The van der Waals surface area contributed by atoms with Crippen molar-refractivity contribution >= 4 is 21.8 Å². The first-order valence-electron chi connectivity index (χ1n) is 6.75. The fourth-order valence-electron chi connectivity index (χ4n) is 1.77. The summed E-state index contributed by atoms with van der Waals surface area (Å²) in [6.45, 7) is 7.79. The Morgan fingerprint density at radius 2 is 2.00 bits per heavy atom. The van der Waals surface area contributed by atoms with E-state index in [-0.39, 0.29) is 5.91 Å². The van der Waals surface area contributed by atoms with Crippen molar-refractivity contribution in [2.45, 2.75) is 27.1 Å². The lowest BCUT2D eigenvalue weighted by Gasteiger charge is -2.25. The van der Waals surface area contributed by atoms with Gasteiger partial charge in [-0.2, -0.15) is 5.10 Å². The van der Waals surface area contributed by atoms with Crippen LogP contribution < -0.4 is 0 Å². The molecule has 0 radical (unpaired) electrons. The average molecular weight is 348 g/mol. The number of ether oxygens (including phenoxy) is 2. The lowest BCUT2D eigenvalue weighted by molar-refractivity contribution is -0.143. The Balaban J connectivity index is 2.75. The van der Waals surface area contributed by atoms with E-state index in [4.69, 9.17) is 9.47 Å². The molecule has 0 unspecified atom stereocenters. The fourth-order valence-corrected chi connectivity index (χ4v) is 2.07. The molecule has 0 atom stereocenters. The summed E-state index contributed by atoms with van der Waals surface area (Å²) in [5, 5.41) is 4.18. The molecule has 6 nitrogen and oxygen atoms in total. The maximum absolute atomic E-state index is 12.4. The Labute approximate surface area is 128 Å². The van der Waals surface area contributed by atoms with Gasteiger partial charge in [-0.1, -0.05) is 0 Å². The van der Waals surface area contributed by atoms with Gasteiger partial charge in [0.2, 0.25) is 0 Å². The zero-order chi connectivity index (χ0) is 15.1. The van der Waals surface area contributed by atoms with E-state index in [0.29, 0.717) is 32.0 Å². The van der Waals surface area contributed by atoms with E-state index in [0.717, 1.165) is 4.60 Å². The topological polar surface area (TPSA) is 56.6 Å². The summed E-state index contributed by atoms with van der Waals surface area (Å²) in [5.74, 6) is -0.127. The quantitative estimate of drug-likeness (QED) is 0.675. The van der Waals surface area contributed by atoms with E-state index in [1.165, 1.54) is 0 Å². The van der Waals surface area contributed by atoms with E-state index in [2.05, 4.69) is 21.0 Å². The van der Waals surface area contributed by atoms with Crippen molar-refractivity contribution in [3.8, 4) is 0 Å². The summed E-state index contributed by atoms with van der Waals surface area (Å²) >= 11 is 3.34. The predicted molar refractivity (Wildman–Crippen MR) is 79.5 cm³/mol. The first-order valence-corrected chi connectivity index (χ1v) is 7.54. The summed E-state index contributed by atoms with van der Waals surface area (Å²) in [6, 6.07) is 1.71. The summed E-state index contributed by atoms with van der Waals surface area (Å²) in [7, 11) is 1.78. The number of nitrogens with zero attached hydrogens (tertiary/aromatic N) is 3. The number of rotatable bonds is 8. The summed E-state index contributed by atoms with van der Waals surface area (Å²) < 4.78 is 13.3. The second kappa shape index (κ2) is 8.39. The van der Waals surface area contributed by atoms with Gasteiger partial charge in [0.05, 0.1) is 6.54 Å². The minimum absolute atomic E-state index is 0.127. The van der Waals surface area contributed by atoms with Crippen molar-refractivity contribution in [1.82, 2.24) is 14.7 Å². The molecule has 1 aromatic rings. The van der Waals surface area contributed by atoms with Crippen molar-refractivity contribution in [1.29, 1.82) is 0 Å². The zero-order valence-electron chi connectivity index (χ0n) is 12.4. The third-order valence-electron chi connectivity index (χ3n) is 2.79. The lowest BCUT2D eigenvalue weighted by atomic mass is 10.3. The highest BCUT2D eigenvalue weighted by molar-refractivity contribution is 9.10. The van der Waals surface area contributed by atoms with E-state index in [1.807, 2.05) is 20.8 Å². The van der Waals surface area contributed by atoms with E-state index in [1.54, 1.807) is 22.7 Å². The maximum Gasteiger partial charge on any atom is 0.274 e. The molecular weight excluding hydrogens is 326 g/mol. The molecule has 0 saturated heterocycles. The van der Waals surface area contributed by atoms with Crippen molar-refractivity contribution in [2.24, 2.45) is 7.05 Å². The molecule has 7 heteroatoms. The SMILES string of the molecule is CCOC(CN(CC)C(=O)c1cc(Br)n(C)n1)OCC. The smallest absolute Gasteiger partial charge is 0.274 e. The van der Waals surface area contributed by atoms with Gasteiger partial charge in [-0.15, -0.1) is 0 Å². The largest absolute Gasteiger partial charge is 0.351 e. The van der Waals surface area contributed by atoms with Crippen molar-refractivity contribution in [3.63, 3.8) is 0 Å². The molecule has 0 fully saturated rings. The van der Waals surface area contributed by atoms with Crippen LogP contribution in [0.3, 0.4) is 0 Å². The van der Waals surface area contributed by atoms with Crippen LogP contribution in [0.1, 0.15) is 31.3 Å². The van der Waals surface area contributed by atoms with Crippen LogP contribution in [0.25, 0.3) is 0 Å². The summed E-state index contributed by atoms with van der Waals surface area (Å²) in [6.07, 6.45) is -0.402. The van der Waals surface area contributed by atoms with Gasteiger partial charge in [0.25, 0.3) is 5.91 Å². The van der Waals surface area contributed by atoms with Crippen LogP contribution in [0, 0.1) is 0 Å². The van der Waals surface area contributed by atoms with Crippen molar-refractivity contribution in [3.05, 3.63) is 16.4 Å². The fraction of sp³-hybridized carbons (Fsp3) is 0.692. The molecule has 1 heterocycles. The van der Waals surface area contributed by atoms with Crippen LogP contribution >= 0.6 is 15.9 Å². The molecule has 0 spiro atoms. The number of likely N-dealkylation sites (N-methyl/N-ethyl adjacent to an activating group) is 1. The number of hydrogen-bond acceptors (Lipinski definition) is 4. The number of carbonyl (C=O) groups excluding carboxylic acids is 1. The molecule has 0 saturated carbocycles. The molecule has 1 amide bonds. The number of hydrogen-bond donors (Lipinski definition) is 0. The van der Waals surface area contributed by atoms with E-state index < -0.39 is 6.29 Å². The Bertz CT molecular complexity index is 411. The molecule has 0 N–H and O–H groups in total. The van der Waals surface area contributed by atoms with Gasteiger partial charge in [0.15, 0.2) is 12.0 Å². The van der Waals surface area contributed by atoms with Crippen LogP contribution in [0.5, 0.6) is 0 Å². The third-order valence-corrected chi connectivity index (χ3v) is 3.53. The highest BCUT2D eigenvalue weighted by atomic mass is 79.9. The van der Waals surface area contributed by atoms with Gasteiger partial charge >= 0.3 is 0 Å². The van der Waals surface area contributed by atoms with Crippen LogP contribution in [0.15, 0.2) is 10.7 Å². The van der Waals surface area contributed by atoms with Crippen LogP contribution in [0.2, 0.25) is 0 Å². The number of carbonyl (C=O) groups is 1. The molecule has 0 aromatic carbocycles. The second-order valence-corrected chi connectivity index (χ2v) is 4.97. The maximum atomic E-state index is 12.4. The van der Waals surface area contributed by atoms with E-state index in [9.17, 15) is 4.79 Å². The summed E-state index contributed by atoms with van der Waals surface area (Å²) in [4.78, 5) is 14.1. The highest BCUT2D eigenvalue weighted by Crippen LogP contribution is 2.13. The Kier molecular flexibility index (Phi) is 7.18. The molecule has 0 aliphatic carbocycles. The number of amides is 1. The van der Waals surface area contributed by atoms with Crippen LogP contribution in [0.4, 0.5) is 0 Å². The predicted octanol–water partition coefficient (Wildman–Crippen LogP) is 2.04. The van der Waals surface area contributed by atoms with Gasteiger partial charge in [0.1, 0.15) is 4.60 Å². The minimum Gasteiger partial charge on any atom is -0.351 e. The lowest BCUT2D eigenvalue weighted by Crippen LogP contribution is -2.40. The highest BCUT2D eigenvalue weighted by Gasteiger charge is 2.22. The zero-order valence-corrected chi connectivity index (χ0v) is 14.0. The Morgan fingerprint density at radius 1 is 1.40 bits per heavy atom. The van der Waals surface area contributed by atoms with Crippen molar-refractivity contribution < 1.29 is 14.3 Å². The number of halogens is 1. The molecular formula is C13H22BrN3O3. The first-order chi connectivity index (χ1) is 9.53. The molecule has 114 valence electrons. The summed E-state index contributed by atoms with van der Waals surface area (Å²) in [5.41, 5.74) is 0.410. The standard InChI is InChI=1S/C13H22BrN3O3/c1-5-17(9-12(19-6-2)20-7-3)13(18)10-8-11(14)16(4)15-10/h8,12H,5-7,9H2,1-4H3. The van der Waals surface area contributed by atoms with Gasteiger partial charge in [-0.3, -0.25) is 9.48 Å². The number of aryl methyl sites for hydroxylation is 1. The Morgan fingerprint density at radius 3 is 2.40 bits per heavy atom. The molecule has 1 rings (SSSR count). The normalized spacial score (nSPS) is 11.1. The van der Waals surface area contributed by atoms with Gasteiger partial charge in [-0.05, 0) is 36.7 Å². The van der Waals surface area contributed by atoms with Crippen molar-refractivity contribution in [2.75, 3.05) is 26.3 Å². The second-order valence-electron chi connectivity index (χ2n) is 4.16. The van der Waals surface area contributed by atoms with Gasteiger partial charge < -0.3 is 14.4 Å². The van der Waals surface area contributed by atoms with Gasteiger partial charge in [0, 0.05) is 32.9 Å². The third kappa shape index (κ3) is 4.57. The number of aromatic nitrogens is 2. The average Bonchev–Trinajstić information content (AvgIpc) is 2.75. The van der Waals surface area contributed by atoms with Gasteiger partial charge in [-0.25, -0.2) is 0 Å². The molecule has 0 aliphatic rings.